The second-order valence-electron chi connectivity index (χ2n) is 3.85. The van der Waals surface area contributed by atoms with Crippen LogP contribution in [0.25, 0.3) is 0 Å². The number of carboxylic acids is 1. The Morgan fingerprint density at radius 2 is 1.95 bits per heavy atom. The van der Waals surface area contributed by atoms with Gasteiger partial charge in [0.2, 0.25) is 5.91 Å². The van der Waals surface area contributed by atoms with Crippen molar-refractivity contribution >= 4 is 17.9 Å². The van der Waals surface area contributed by atoms with E-state index in [1.165, 1.54) is 7.11 Å². The lowest BCUT2D eigenvalue weighted by Crippen LogP contribution is -2.48. The van der Waals surface area contributed by atoms with Crippen LogP contribution in [0.5, 0.6) is 0 Å². The molecule has 0 heterocycles. The number of nitrogens with one attached hydrogen (secondary N) is 3. The molecule has 19 heavy (non-hydrogen) atoms. The third-order valence-electron chi connectivity index (χ3n) is 2.22. The minimum absolute atomic E-state index is 0.214. The van der Waals surface area contributed by atoms with E-state index in [0.29, 0.717) is 26.0 Å². The molecule has 0 aliphatic heterocycles. The Hall–Kier alpha value is -1.83. The van der Waals surface area contributed by atoms with Crippen LogP contribution >= 0.6 is 0 Å². The summed E-state index contributed by atoms with van der Waals surface area (Å²) >= 11 is 0. The molecule has 4 N–H and O–H groups in total. The lowest BCUT2D eigenvalue weighted by Gasteiger charge is -2.14. The van der Waals surface area contributed by atoms with Gasteiger partial charge in [0.1, 0.15) is 6.04 Å². The topological polar surface area (TPSA) is 117 Å². The van der Waals surface area contributed by atoms with Gasteiger partial charge in [-0.1, -0.05) is 13.3 Å². The van der Waals surface area contributed by atoms with Crippen molar-refractivity contribution in [3.63, 3.8) is 0 Å². The maximum Gasteiger partial charge on any atom is 0.326 e. The van der Waals surface area contributed by atoms with Gasteiger partial charge in [-0.3, -0.25) is 4.79 Å². The number of hydrogen-bond acceptors (Lipinski definition) is 4. The monoisotopic (exact) mass is 275 g/mol. The number of amides is 3. The van der Waals surface area contributed by atoms with Crippen molar-refractivity contribution in [3.05, 3.63) is 0 Å². The van der Waals surface area contributed by atoms with E-state index in [0.717, 1.165) is 0 Å². The van der Waals surface area contributed by atoms with Crippen molar-refractivity contribution in [1.29, 1.82) is 0 Å². The summed E-state index contributed by atoms with van der Waals surface area (Å²) in [7, 11) is 1.51. The zero-order chi connectivity index (χ0) is 14.7. The molecule has 0 aromatic heterocycles. The molecule has 0 saturated heterocycles. The van der Waals surface area contributed by atoms with Gasteiger partial charge in [-0.2, -0.15) is 0 Å². The third-order valence-corrected chi connectivity index (χ3v) is 2.22. The fraction of sp³-hybridized carbons (Fsp3) is 0.727. The van der Waals surface area contributed by atoms with E-state index in [1.54, 1.807) is 0 Å². The summed E-state index contributed by atoms with van der Waals surface area (Å²) in [6.07, 6.45) is 0.970. The molecular weight excluding hydrogens is 254 g/mol. The highest BCUT2D eigenvalue weighted by atomic mass is 16.5. The average Bonchev–Trinajstić information content (AvgIpc) is 2.36. The number of methoxy groups -OCH3 is 1. The van der Waals surface area contributed by atoms with Gasteiger partial charge in [-0.15, -0.1) is 0 Å². The Bertz CT molecular complexity index is 309. The van der Waals surface area contributed by atoms with E-state index in [2.05, 4.69) is 16.0 Å². The van der Waals surface area contributed by atoms with Crippen LogP contribution in [0.3, 0.4) is 0 Å². The van der Waals surface area contributed by atoms with Gasteiger partial charge in [0.15, 0.2) is 0 Å². The summed E-state index contributed by atoms with van der Waals surface area (Å²) in [5, 5.41) is 15.9. The number of carbonyl (C=O) groups excluding carboxylic acids is 2. The largest absolute Gasteiger partial charge is 0.480 e. The quantitative estimate of drug-likeness (QED) is 0.415. The molecule has 0 aliphatic carbocycles. The molecule has 8 heteroatoms. The highest BCUT2D eigenvalue weighted by Gasteiger charge is 2.18. The van der Waals surface area contributed by atoms with Crippen LogP contribution in [0.4, 0.5) is 4.79 Å². The van der Waals surface area contributed by atoms with E-state index >= 15 is 0 Å². The van der Waals surface area contributed by atoms with Gasteiger partial charge in [-0.05, 0) is 6.42 Å². The molecule has 1 unspecified atom stereocenters. The molecule has 0 saturated carbocycles. The van der Waals surface area contributed by atoms with Crippen molar-refractivity contribution < 1.29 is 24.2 Å². The summed E-state index contributed by atoms with van der Waals surface area (Å²) in [5.41, 5.74) is 0. The van der Waals surface area contributed by atoms with E-state index in [9.17, 15) is 14.4 Å². The van der Waals surface area contributed by atoms with Crippen molar-refractivity contribution in [2.75, 3.05) is 26.8 Å². The Morgan fingerprint density at radius 1 is 1.26 bits per heavy atom. The molecule has 3 amide bonds. The standard InChI is InChI=1S/C11H21N3O5/c1-3-4-8(10(16)17)14-11(18)13-7-9(15)12-5-6-19-2/h8H,3-7H2,1-2H3,(H,12,15)(H,16,17)(H2,13,14,18). The van der Waals surface area contributed by atoms with Crippen molar-refractivity contribution in [1.82, 2.24) is 16.0 Å². The highest BCUT2D eigenvalue weighted by Crippen LogP contribution is 1.96. The minimum atomic E-state index is -1.10. The molecule has 8 nitrogen and oxygen atoms in total. The third kappa shape index (κ3) is 8.83. The Kier molecular flexibility index (Phi) is 9.15. The van der Waals surface area contributed by atoms with E-state index in [4.69, 9.17) is 9.84 Å². The molecule has 0 aliphatic rings. The minimum Gasteiger partial charge on any atom is -0.480 e. The maximum absolute atomic E-state index is 11.4. The first-order valence-electron chi connectivity index (χ1n) is 6.04. The van der Waals surface area contributed by atoms with Crippen molar-refractivity contribution in [3.8, 4) is 0 Å². The van der Waals surface area contributed by atoms with Gasteiger partial charge in [-0.25, -0.2) is 9.59 Å². The summed E-state index contributed by atoms with van der Waals surface area (Å²) in [6, 6.07) is -1.62. The predicted octanol–water partition coefficient (Wildman–Crippen LogP) is -0.698. The molecular formula is C11H21N3O5. The van der Waals surface area contributed by atoms with Crippen LogP contribution in [0.2, 0.25) is 0 Å². The van der Waals surface area contributed by atoms with Gasteiger partial charge in [0.05, 0.1) is 13.2 Å². The molecule has 0 spiro atoms. The first-order valence-corrected chi connectivity index (χ1v) is 6.04. The lowest BCUT2D eigenvalue weighted by molar-refractivity contribution is -0.139. The number of rotatable bonds is 9. The fourth-order valence-corrected chi connectivity index (χ4v) is 1.27. The summed E-state index contributed by atoms with van der Waals surface area (Å²) < 4.78 is 4.74. The van der Waals surface area contributed by atoms with Crippen LogP contribution in [-0.2, 0) is 14.3 Å². The SMILES string of the molecule is CCCC(NC(=O)NCC(=O)NCCOC)C(=O)O. The normalized spacial score (nSPS) is 11.5. The molecule has 0 rings (SSSR count). The van der Waals surface area contributed by atoms with Crippen LogP contribution in [0.15, 0.2) is 0 Å². The molecule has 0 fully saturated rings. The van der Waals surface area contributed by atoms with E-state index < -0.39 is 18.0 Å². The molecule has 110 valence electrons. The second-order valence-corrected chi connectivity index (χ2v) is 3.85. The van der Waals surface area contributed by atoms with Gasteiger partial charge in [0.25, 0.3) is 0 Å². The Morgan fingerprint density at radius 3 is 2.47 bits per heavy atom. The predicted molar refractivity (Wildman–Crippen MR) is 67.8 cm³/mol. The molecule has 0 aromatic carbocycles. The Balaban J connectivity index is 3.90. The van der Waals surface area contributed by atoms with Crippen LogP contribution in [0.1, 0.15) is 19.8 Å². The summed E-state index contributed by atoms with van der Waals surface area (Å²) in [4.78, 5) is 33.4. The van der Waals surface area contributed by atoms with Crippen molar-refractivity contribution in [2.24, 2.45) is 0 Å². The maximum atomic E-state index is 11.4. The van der Waals surface area contributed by atoms with Gasteiger partial charge < -0.3 is 25.8 Å². The number of ether oxygens (including phenoxy) is 1. The first-order chi connectivity index (χ1) is 9.01. The fourth-order valence-electron chi connectivity index (χ4n) is 1.27. The molecule has 0 radical (unpaired) electrons. The number of aliphatic carboxylic acids is 1. The zero-order valence-electron chi connectivity index (χ0n) is 11.2. The van der Waals surface area contributed by atoms with Crippen molar-refractivity contribution in [2.45, 2.75) is 25.8 Å². The summed E-state index contributed by atoms with van der Waals surface area (Å²) in [5.74, 6) is -1.46. The lowest BCUT2D eigenvalue weighted by atomic mass is 10.2. The van der Waals surface area contributed by atoms with Crippen LogP contribution in [-0.4, -0.2) is 55.9 Å². The number of carboxylic acid groups (broad SMARTS) is 1. The van der Waals surface area contributed by atoms with Crippen LogP contribution in [0, 0.1) is 0 Å². The number of hydrogen-bond donors (Lipinski definition) is 4. The number of carbonyl (C=O) groups is 3. The van der Waals surface area contributed by atoms with Gasteiger partial charge >= 0.3 is 12.0 Å². The first kappa shape index (κ1) is 17.2. The van der Waals surface area contributed by atoms with E-state index in [1.807, 2.05) is 6.92 Å². The van der Waals surface area contributed by atoms with Gasteiger partial charge in [0, 0.05) is 13.7 Å². The number of urea groups is 1. The van der Waals surface area contributed by atoms with Crippen LogP contribution < -0.4 is 16.0 Å². The molecule has 0 aromatic rings. The summed E-state index contributed by atoms with van der Waals surface area (Å²) in [6.45, 7) is 2.34. The highest BCUT2D eigenvalue weighted by molar-refractivity contribution is 5.86. The second kappa shape index (κ2) is 10.1. The molecule has 1 atom stereocenters. The Labute approximate surface area is 111 Å². The van der Waals surface area contributed by atoms with E-state index in [-0.39, 0.29) is 12.5 Å². The average molecular weight is 275 g/mol. The molecule has 0 bridgehead atoms. The zero-order valence-corrected chi connectivity index (χ0v) is 11.2. The smallest absolute Gasteiger partial charge is 0.326 e.